The first kappa shape index (κ1) is 11.8. The summed E-state index contributed by atoms with van der Waals surface area (Å²) in [5, 5.41) is 0. The Hall–Kier alpha value is -1.24. The van der Waals surface area contributed by atoms with Crippen LogP contribution in [0.4, 0.5) is 14.6 Å². The average Bonchev–Trinajstić information content (AvgIpc) is 2.76. The Balaban J connectivity index is 1.97. The van der Waals surface area contributed by atoms with E-state index in [4.69, 9.17) is 0 Å². The molecule has 0 amide bonds. The Morgan fingerprint density at radius 1 is 1.28 bits per heavy atom. The van der Waals surface area contributed by atoms with Gasteiger partial charge in [0.1, 0.15) is 4.60 Å². The number of alkyl halides is 2. The molecule has 1 aliphatic rings. The lowest BCUT2D eigenvalue weighted by Gasteiger charge is -2.32. The lowest BCUT2D eigenvalue weighted by molar-refractivity contribution is -0.0221. The fourth-order valence-corrected chi connectivity index (χ4v) is 2.53. The largest absolute Gasteiger partial charge is 0.353 e. The molecule has 3 heterocycles. The van der Waals surface area contributed by atoms with Gasteiger partial charge in [0.15, 0.2) is 11.5 Å². The number of halogens is 3. The molecule has 1 fully saturated rings. The molecule has 1 saturated heterocycles. The molecule has 0 unspecified atom stereocenters. The first-order valence-electron chi connectivity index (χ1n) is 5.67. The zero-order chi connectivity index (χ0) is 12.8. The van der Waals surface area contributed by atoms with E-state index in [0.29, 0.717) is 29.2 Å². The van der Waals surface area contributed by atoms with Crippen LogP contribution in [0.15, 0.2) is 23.2 Å². The molecule has 1 aliphatic heterocycles. The highest BCUT2D eigenvalue weighted by Gasteiger charge is 2.35. The molecule has 0 aromatic carbocycles. The number of anilines is 1. The SMILES string of the molecule is FC1(F)CCN(c2nc(Br)cn3ccnc23)CC1. The van der Waals surface area contributed by atoms with Crippen molar-refractivity contribution in [3.8, 4) is 0 Å². The van der Waals surface area contributed by atoms with Crippen LogP contribution in [0, 0.1) is 0 Å². The van der Waals surface area contributed by atoms with Crippen LogP contribution in [-0.4, -0.2) is 33.4 Å². The third kappa shape index (κ3) is 2.07. The highest BCUT2D eigenvalue weighted by molar-refractivity contribution is 9.10. The monoisotopic (exact) mass is 316 g/mol. The van der Waals surface area contributed by atoms with Crippen molar-refractivity contribution in [1.82, 2.24) is 14.4 Å². The van der Waals surface area contributed by atoms with Gasteiger partial charge in [0.2, 0.25) is 0 Å². The minimum absolute atomic E-state index is 0.131. The van der Waals surface area contributed by atoms with Crippen molar-refractivity contribution in [2.45, 2.75) is 18.8 Å². The first-order valence-corrected chi connectivity index (χ1v) is 6.46. The standard InChI is InChI=1S/C11H11BrF2N4/c12-8-7-18-6-3-15-9(18)10(16-8)17-4-1-11(13,14)2-5-17/h3,6-7H,1-2,4-5H2. The maximum atomic E-state index is 13.1. The van der Waals surface area contributed by atoms with Gasteiger partial charge in [-0.2, -0.15) is 0 Å². The van der Waals surface area contributed by atoms with Crippen LogP contribution in [0.3, 0.4) is 0 Å². The van der Waals surface area contributed by atoms with Crippen LogP contribution in [0.2, 0.25) is 0 Å². The average molecular weight is 317 g/mol. The Morgan fingerprint density at radius 3 is 2.72 bits per heavy atom. The Labute approximate surface area is 111 Å². The third-order valence-electron chi connectivity index (χ3n) is 3.12. The van der Waals surface area contributed by atoms with Crippen LogP contribution in [0.1, 0.15) is 12.8 Å². The van der Waals surface area contributed by atoms with Crippen molar-refractivity contribution in [2.24, 2.45) is 0 Å². The van der Waals surface area contributed by atoms with E-state index in [1.165, 1.54) is 0 Å². The molecule has 96 valence electrons. The summed E-state index contributed by atoms with van der Waals surface area (Å²) in [6.07, 6.45) is 5.02. The van der Waals surface area contributed by atoms with Crippen LogP contribution in [0.25, 0.3) is 5.65 Å². The molecule has 0 radical (unpaired) electrons. The minimum atomic E-state index is -2.55. The summed E-state index contributed by atoms with van der Waals surface area (Å²) in [6, 6.07) is 0. The number of fused-ring (bicyclic) bond motifs is 1. The van der Waals surface area contributed by atoms with Crippen LogP contribution >= 0.6 is 15.9 Å². The van der Waals surface area contributed by atoms with Crippen LogP contribution in [-0.2, 0) is 0 Å². The van der Waals surface area contributed by atoms with Crippen molar-refractivity contribution >= 4 is 27.4 Å². The van der Waals surface area contributed by atoms with Crippen molar-refractivity contribution in [2.75, 3.05) is 18.0 Å². The molecule has 0 saturated carbocycles. The number of aromatic nitrogens is 3. The van der Waals surface area contributed by atoms with E-state index in [0.717, 1.165) is 0 Å². The van der Waals surface area contributed by atoms with E-state index in [2.05, 4.69) is 25.9 Å². The lowest BCUT2D eigenvalue weighted by Crippen LogP contribution is -2.40. The summed E-state index contributed by atoms with van der Waals surface area (Å²) >= 11 is 3.32. The Kier molecular flexibility index (Phi) is 2.73. The molecule has 3 rings (SSSR count). The molecule has 18 heavy (non-hydrogen) atoms. The van der Waals surface area contributed by atoms with Crippen molar-refractivity contribution in [3.63, 3.8) is 0 Å². The predicted molar refractivity (Wildman–Crippen MR) is 67.1 cm³/mol. The zero-order valence-corrected chi connectivity index (χ0v) is 11.1. The second-order valence-corrected chi connectivity index (χ2v) is 5.20. The van der Waals surface area contributed by atoms with Gasteiger partial charge in [-0.15, -0.1) is 0 Å². The number of imidazole rings is 1. The summed E-state index contributed by atoms with van der Waals surface area (Å²) in [5.74, 6) is -1.89. The fraction of sp³-hybridized carbons (Fsp3) is 0.455. The maximum absolute atomic E-state index is 13.1. The molecular formula is C11H11BrF2N4. The van der Waals surface area contributed by atoms with Crippen molar-refractivity contribution < 1.29 is 8.78 Å². The van der Waals surface area contributed by atoms with Gasteiger partial charge in [-0.25, -0.2) is 18.7 Å². The van der Waals surface area contributed by atoms with E-state index in [1.807, 2.05) is 15.5 Å². The molecule has 4 nitrogen and oxygen atoms in total. The van der Waals surface area contributed by atoms with Crippen LogP contribution < -0.4 is 4.90 Å². The van der Waals surface area contributed by atoms with E-state index in [9.17, 15) is 8.78 Å². The second kappa shape index (κ2) is 4.15. The minimum Gasteiger partial charge on any atom is -0.353 e. The van der Waals surface area contributed by atoms with Gasteiger partial charge in [-0.3, -0.25) is 0 Å². The molecule has 0 N–H and O–H groups in total. The number of rotatable bonds is 1. The second-order valence-electron chi connectivity index (χ2n) is 4.39. The summed E-state index contributed by atoms with van der Waals surface area (Å²) in [4.78, 5) is 10.4. The quantitative estimate of drug-likeness (QED) is 0.811. The molecular weight excluding hydrogens is 306 g/mol. The molecule has 7 heteroatoms. The van der Waals surface area contributed by atoms with E-state index in [-0.39, 0.29) is 12.8 Å². The highest BCUT2D eigenvalue weighted by Crippen LogP contribution is 2.31. The summed E-state index contributed by atoms with van der Waals surface area (Å²) < 4.78 is 28.8. The van der Waals surface area contributed by atoms with E-state index in [1.54, 1.807) is 12.4 Å². The van der Waals surface area contributed by atoms with Gasteiger partial charge < -0.3 is 9.30 Å². The van der Waals surface area contributed by atoms with Gasteiger partial charge in [-0.05, 0) is 15.9 Å². The van der Waals surface area contributed by atoms with Gasteiger partial charge in [0, 0.05) is 44.5 Å². The number of nitrogens with zero attached hydrogens (tertiary/aromatic N) is 4. The summed E-state index contributed by atoms with van der Waals surface area (Å²) in [6.45, 7) is 0.609. The Bertz CT molecular complexity index is 573. The van der Waals surface area contributed by atoms with Crippen molar-refractivity contribution in [1.29, 1.82) is 0 Å². The normalized spacial score (nSPS) is 19.4. The van der Waals surface area contributed by atoms with Gasteiger partial charge in [0.05, 0.1) is 0 Å². The molecule has 0 spiro atoms. The predicted octanol–water partition coefficient (Wildman–Crippen LogP) is 2.73. The van der Waals surface area contributed by atoms with E-state index >= 15 is 0 Å². The third-order valence-corrected chi connectivity index (χ3v) is 3.50. The van der Waals surface area contributed by atoms with Gasteiger partial charge >= 0.3 is 0 Å². The highest BCUT2D eigenvalue weighted by atomic mass is 79.9. The zero-order valence-electron chi connectivity index (χ0n) is 9.48. The van der Waals surface area contributed by atoms with Gasteiger partial charge in [0.25, 0.3) is 5.92 Å². The smallest absolute Gasteiger partial charge is 0.251 e. The van der Waals surface area contributed by atoms with Crippen LogP contribution in [0.5, 0.6) is 0 Å². The number of piperidine rings is 1. The summed E-state index contributed by atoms with van der Waals surface area (Å²) in [5.41, 5.74) is 0.698. The molecule has 2 aromatic heterocycles. The van der Waals surface area contributed by atoms with E-state index < -0.39 is 5.92 Å². The first-order chi connectivity index (χ1) is 8.55. The number of hydrogen-bond acceptors (Lipinski definition) is 3. The van der Waals surface area contributed by atoms with Crippen molar-refractivity contribution in [3.05, 3.63) is 23.2 Å². The molecule has 0 bridgehead atoms. The maximum Gasteiger partial charge on any atom is 0.251 e. The molecule has 2 aromatic rings. The Morgan fingerprint density at radius 2 is 2.00 bits per heavy atom. The number of hydrogen-bond donors (Lipinski definition) is 0. The summed E-state index contributed by atoms with van der Waals surface area (Å²) in [7, 11) is 0. The lowest BCUT2D eigenvalue weighted by atomic mass is 10.1. The molecule has 0 atom stereocenters. The fourth-order valence-electron chi connectivity index (χ4n) is 2.14. The van der Waals surface area contributed by atoms with Gasteiger partial charge in [-0.1, -0.05) is 0 Å². The molecule has 0 aliphatic carbocycles. The topological polar surface area (TPSA) is 33.4 Å².